The molecule has 1 aliphatic rings. The van der Waals surface area contributed by atoms with Crippen LogP contribution in [0.25, 0.3) is 5.69 Å². The molecule has 3 heterocycles. The van der Waals surface area contributed by atoms with Gasteiger partial charge in [-0.3, -0.25) is 4.98 Å². The third-order valence-corrected chi connectivity index (χ3v) is 7.73. The van der Waals surface area contributed by atoms with Crippen molar-refractivity contribution >= 4 is 46.2 Å². The second-order valence-electron chi connectivity index (χ2n) is 8.84. The Morgan fingerprint density at radius 1 is 0.944 bits per heavy atom. The summed E-state index contributed by atoms with van der Waals surface area (Å²) in [6, 6.07) is 19.3. The van der Waals surface area contributed by atoms with Gasteiger partial charge in [-0.15, -0.1) is 0 Å². The van der Waals surface area contributed by atoms with Gasteiger partial charge in [-0.2, -0.15) is 0 Å². The smallest absolute Gasteiger partial charge is 0.174 e. The fourth-order valence-corrected chi connectivity index (χ4v) is 5.96. The number of hydrogen-bond acceptors (Lipinski definition) is 3. The highest BCUT2D eigenvalue weighted by molar-refractivity contribution is 7.80. The summed E-state index contributed by atoms with van der Waals surface area (Å²) in [5, 5.41) is 5.38. The Bertz CT molecular complexity index is 1450. The van der Waals surface area contributed by atoms with Crippen LogP contribution in [0.2, 0.25) is 10.0 Å². The fourth-order valence-electron chi connectivity index (χ4n) is 5.18. The lowest BCUT2D eigenvalue weighted by molar-refractivity contribution is 0.415. The van der Waals surface area contributed by atoms with E-state index in [0.717, 1.165) is 28.5 Å². The molecular formula is C28H26Cl2N4OS. The first-order chi connectivity index (χ1) is 17.3. The average Bonchev–Trinajstić information content (AvgIpc) is 3.31. The molecule has 0 bridgehead atoms. The second-order valence-corrected chi connectivity index (χ2v) is 10.1. The number of nitrogens with one attached hydrogen (secondary N) is 1. The van der Waals surface area contributed by atoms with Gasteiger partial charge < -0.3 is 19.5 Å². The molecule has 4 aromatic rings. The molecule has 0 saturated carbocycles. The molecule has 8 heteroatoms. The van der Waals surface area contributed by atoms with Gasteiger partial charge in [0.05, 0.1) is 29.9 Å². The lowest BCUT2D eigenvalue weighted by Crippen LogP contribution is -2.29. The summed E-state index contributed by atoms with van der Waals surface area (Å²) in [5.74, 6) is 0.617. The van der Waals surface area contributed by atoms with Gasteiger partial charge in [-0.25, -0.2) is 0 Å². The number of benzene rings is 2. The Labute approximate surface area is 226 Å². The van der Waals surface area contributed by atoms with Crippen LogP contribution in [0.15, 0.2) is 66.9 Å². The van der Waals surface area contributed by atoms with Crippen molar-refractivity contribution in [2.45, 2.75) is 32.9 Å². The summed E-state index contributed by atoms with van der Waals surface area (Å²) in [5.41, 5.74) is 7.46. The molecule has 0 spiro atoms. The zero-order chi connectivity index (χ0) is 25.6. The van der Waals surface area contributed by atoms with Gasteiger partial charge in [0.25, 0.3) is 0 Å². The van der Waals surface area contributed by atoms with E-state index in [1.165, 1.54) is 11.1 Å². The predicted molar refractivity (Wildman–Crippen MR) is 151 cm³/mol. The van der Waals surface area contributed by atoms with E-state index in [-0.39, 0.29) is 12.1 Å². The molecular weight excluding hydrogens is 511 g/mol. The largest absolute Gasteiger partial charge is 0.495 e. The summed E-state index contributed by atoms with van der Waals surface area (Å²) in [7, 11) is 1.61. The van der Waals surface area contributed by atoms with E-state index < -0.39 is 0 Å². The molecule has 0 aliphatic carbocycles. The van der Waals surface area contributed by atoms with Crippen molar-refractivity contribution in [2.24, 2.45) is 0 Å². The SMILES string of the molecule is COc1ccc(N2C(=S)NC(c3ccccn3)C2c2c(C)c(C)n(-c3cccc(Cl)c3)c2C)cc1Cl. The minimum absolute atomic E-state index is 0.156. The van der Waals surface area contributed by atoms with Gasteiger partial charge in [0.15, 0.2) is 5.11 Å². The molecule has 5 rings (SSSR count). The zero-order valence-electron chi connectivity index (χ0n) is 20.4. The van der Waals surface area contributed by atoms with Crippen LogP contribution in [0.1, 0.15) is 40.3 Å². The van der Waals surface area contributed by atoms with Crippen molar-refractivity contribution in [1.82, 2.24) is 14.9 Å². The van der Waals surface area contributed by atoms with Crippen LogP contribution < -0.4 is 15.0 Å². The molecule has 1 aliphatic heterocycles. The number of ether oxygens (including phenoxy) is 1. The van der Waals surface area contributed by atoms with Crippen molar-refractivity contribution in [3.05, 3.63) is 105 Å². The molecule has 2 atom stereocenters. The van der Waals surface area contributed by atoms with Crippen molar-refractivity contribution in [3.63, 3.8) is 0 Å². The maximum absolute atomic E-state index is 6.55. The summed E-state index contributed by atoms with van der Waals surface area (Å²) in [6.45, 7) is 6.44. The van der Waals surface area contributed by atoms with Crippen molar-refractivity contribution in [1.29, 1.82) is 0 Å². The van der Waals surface area contributed by atoms with E-state index in [4.69, 9.17) is 40.2 Å². The van der Waals surface area contributed by atoms with Crippen LogP contribution in [0.3, 0.4) is 0 Å². The molecule has 1 fully saturated rings. The molecule has 5 nitrogen and oxygen atoms in total. The molecule has 2 aromatic heterocycles. The van der Waals surface area contributed by atoms with Gasteiger partial charge in [0.2, 0.25) is 0 Å². The summed E-state index contributed by atoms with van der Waals surface area (Å²) >= 11 is 18.8. The van der Waals surface area contributed by atoms with Crippen LogP contribution in [0.4, 0.5) is 5.69 Å². The zero-order valence-corrected chi connectivity index (χ0v) is 22.7. The Balaban J connectivity index is 1.73. The maximum atomic E-state index is 6.55. The molecule has 2 aromatic carbocycles. The van der Waals surface area contributed by atoms with Gasteiger partial charge in [0.1, 0.15) is 5.75 Å². The number of methoxy groups -OCH3 is 1. The summed E-state index contributed by atoms with van der Waals surface area (Å²) in [6.07, 6.45) is 1.81. The Morgan fingerprint density at radius 2 is 1.75 bits per heavy atom. The second kappa shape index (κ2) is 9.77. The third kappa shape index (κ3) is 4.13. The first-order valence-electron chi connectivity index (χ1n) is 11.6. The minimum atomic E-state index is -0.161. The standard InChI is InChI=1S/C28H26Cl2N4OS/c1-16-17(2)33(20-9-7-8-19(29)14-20)18(3)25(16)27-26(23-10-5-6-13-31-23)32-28(36)34(27)21-11-12-24(35-4)22(30)15-21/h5-15,26-27H,1-4H3,(H,32,36). The van der Waals surface area contributed by atoms with Crippen LogP contribution in [-0.4, -0.2) is 21.8 Å². The molecule has 36 heavy (non-hydrogen) atoms. The topological polar surface area (TPSA) is 42.3 Å². The number of rotatable bonds is 5. The monoisotopic (exact) mass is 536 g/mol. The fraction of sp³-hybridized carbons (Fsp3) is 0.214. The minimum Gasteiger partial charge on any atom is -0.495 e. The first kappa shape index (κ1) is 24.6. The highest BCUT2D eigenvalue weighted by atomic mass is 35.5. The number of anilines is 1. The van der Waals surface area contributed by atoms with Crippen LogP contribution >= 0.6 is 35.4 Å². The maximum Gasteiger partial charge on any atom is 0.174 e. The normalized spacial score (nSPS) is 17.4. The number of nitrogens with zero attached hydrogens (tertiary/aromatic N) is 3. The van der Waals surface area contributed by atoms with Crippen LogP contribution in [0, 0.1) is 20.8 Å². The lowest BCUT2D eigenvalue weighted by Gasteiger charge is -2.29. The first-order valence-corrected chi connectivity index (χ1v) is 12.8. The van der Waals surface area contributed by atoms with Gasteiger partial charge >= 0.3 is 0 Å². The summed E-state index contributed by atoms with van der Waals surface area (Å²) < 4.78 is 7.64. The number of pyridine rings is 1. The van der Waals surface area contributed by atoms with Gasteiger partial charge in [0, 0.05) is 39.5 Å². The Morgan fingerprint density at radius 3 is 2.42 bits per heavy atom. The van der Waals surface area contributed by atoms with Crippen molar-refractivity contribution < 1.29 is 4.74 Å². The number of thiocarbonyl (C=S) groups is 1. The quantitative estimate of drug-likeness (QED) is 0.271. The van der Waals surface area contributed by atoms with E-state index in [0.29, 0.717) is 20.9 Å². The molecule has 0 radical (unpaired) electrons. The number of hydrogen-bond donors (Lipinski definition) is 1. The molecule has 0 amide bonds. The van der Waals surface area contributed by atoms with E-state index >= 15 is 0 Å². The molecule has 1 saturated heterocycles. The molecule has 2 unspecified atom stereocenters. The lowest BCUT2D eigenvalue weighted by atomic mass is 9.93. The van der Waals surface area contributed by atoms with Crippen LogP contribution in [-0.2, 0) is 0 Å². The highest BCUT2D eigenvalue weighted by Crippen LogP contribution is 2.46. The van der Waals surface area contributed by atoms with E-state index in [1.54, 1.807) is 7.11 Å². The Kier molecular flexibility index (Phi) is 6.68. The van der Waals surface area contributed by atoms with E-state index in [2.05, 4.69) is 46.6 Å². The van der Waals surface area contributed by atoms with E-state index in [9.17, 15) is 0 Å². The highest BCUT2D eigenvalue weighted by Gasteiger charge is 2.43. The van der Waals surface area contributed by atoms with Gasteiger partial charge in [-0.05, 0) is 87.1 Å². The van der Waals surface area contributed by atoms with Crippen LogP contribution in [0.5, 0.6) is 5.75 Å². The average molecular weight is 538 g/mol. The summed E-state index contributed by atoms with van der Waals surface area (Å²) in [4.78, 5) is 6.82. The van der Waals surface area contributed by atoms with Crippen molar-refractivity contribution in [3.8, 4) is 11.4 Å². The third-order valence-electron chi connectivity index (χ3n) is 6.88. The molecule has 184 valence electrons. The Hall–Kier alpha value is -3.06. The number of halogens is 2. The van der Waals surface area contributed by atoms with Gasteiger partial charge in [-0.1, -0.05) is 35.3 Å². The van der Waals surface area contributed by atoms with E-state index in [1.807, 2.05) is 60.8 Å². The predicted octanol–water partition coefficient (Wildman–Crippen LogP) is 7.29. The molecule has 1 N–H and O–H groups in total. The number of aromatic nitrogens is 2. The van der Waals surface area contributed by atoms with Crippen molar-refractivity contribution in [2.75, 3.05) is 12.0 Å².